The summed E-state index contributed by atoms with van der Waals surface area (Å²) in [6.45, 7) is -0.193. The molecule has 0 N–H and O–H groups in total. The summed E-state index contributed by atoms with van der Waals surface area (Å²) in [5.74, 6) is 0.0284. The third-order valence-electron chi connectivity index (χ3n) is 4.89. The van der Waals surface area contributed by atoms with E-state index in [9.17, 15) is 17.6 Å². The zero-order valence-corrected chi connectivity index (χ0v) is 18.0. The molecule has 9 heteroatoms. The van der Waals surface area contributed by atoms with Gasteiger partial charge in [0.05, 0.1) is 23.5 Å². The SMILES string of the molecule is COc1cccc(-c2ccc(OCc3cc(C(F)(F)F)nn3-c3ccccc3Cl)cc2)c1F. The number of methoxy groups -OCH3 is 1. The fraction of sp³-hybridized carbons (Fsp3) is 0.125. The number of ether oxygens (including phenoxy) is 2. The second kappa shape index (κ2) is 9.15. The molecule has 3 aromatic carbocycles. The van der Waals surface area contributed by atoms with Crippen LogP contribution in [0.2, 0.25) is 5.02 Å². The lowest BCUT2D eigenvalue weighted by molar-refractivity contribution is -0.141. The summed E-state index contributed by atoms with van der Waals surface area (Å²) in [6, 6.07) is 18.7. The van der Waals surface area contributed by atoms with Gasteiger partial charge in [0.1, 0.15) is 12.4 Å². The molecule has 0 unspecified atom stereocenters. The molecule has 0 aliphatic rings. The zero-order chi connectivity index (χ0) is 23.6. The van der Waals surface area contributed by atoms with Gasteiger partial charge in [-0.2, -0.15) is 18.3 Å². The number of alkyl halides is 3. The number of aromatic nitrogens is 2. The van der Waals surface area contributed by atoms with Gasteiger partial charge in [0.15, 0.2) is 17.3 Å². The van der Waals surface area contributed by atoms with Crippen molar-refractivity contribution in [3.63, 3.8) is 0 Å². The van der Waals surface area contributed by atoms with Crippen LogP contribution in [0.25, 0.3) is 16.8 Å². The van der Waals surface area contributed by atoms with Gasteiger partial charge in [-0.1, -0.05) is 48.0 Å². The topological polar surface area (TPSA) is 36.3 Å². The van der Waals surface area contributed by atoms with Crippen LogP contribution < -0.4 is 9.47 Å². The Balaban J connectivity index is 1.58. The maximum Gasteiger partial charge on any atom is 0.435 e. The Kier molecular flexibility index (Phi) is 6.29. The summed E-state index contributed by atoms with van der Waals surface area (Å²) < 4.78 is 66.1. The molecule has 170 valence electrons. The van der Waals surface area contributed by atoms with E-state index in [1.807, 2.05) is 0 Å². The highest BCUT2D eigenvalue weighted by Gasteiger charge is 2.35. The van der Waals surface area contributed by atoms with E-state index in [0.29, 0.717) is 22.6 Å². The molecule has 0 aliphatic carbocycles. The minimum atomic E-state index is -4.62. The summed E-state index contributed by atoms with van der Waals surface area (Å²) >= 11 is 6.16. The molecule has 0 bridgehead atoms. The minimum Gasteiger partial charge on any atom is -0.494 e. The number of hydrogen-bond donors (Lipinski definition) is 0. The lowest BCUT2D eigenvalue weighted by atomic mass is 10.0. The highest BCUT2D eigenvalue weighted by atomic mass is 35.5. The van der Waals surface area contributed by atoms with E-state index in [2.05, 4.69) is 5.10 Å². The smallest absolute Gasteiger partial charge is 0.435 e. The molecule has 1 heterocycles. The Morgan fingerprint density at radius 1 is 0.970 bits per heavy atom. The molecule has 4 nitrogen and oxygen atoms in total. The number of halogens is 5. The average molecular weight is 477 g/mol. The zero-order valence-electron chi connectivity index (χ0n) is 17.2. The first-order valence-electron chi connectivity index (χ1n) is 9.74. The Labute approximate surface area is 191 Å². The molecule has 0 saturated heterocycles. The Morgan fingerprint density at radius 2 is 1.70 bits per heavy atom. The number of hydrogen-bond acceptors (Lipinski definition) is 3. The standard InChI is InChI=1S/C24H17ClF4N2O2/c1-32-21-8-4-5-18(23(21)26)15-9-11-17(12-10-15)33-14-16-13-22(24(27,28)29)30-31(16)20-7-3-2-6-19(20)25/h2-13H,14H2,1H3. The Morgan fingerprint density at radius 3 is 2.36 bits per heavy atom. The Hall–Kier alpha value is -3.52. The average Bonchev–Trinajstić information content (AvgIpc) is 3.23. The molecule has 0 atom stereocenters. The van der Waals surface area contributed by atoms with Crippen molar-refractivity contribution >= 4 is 11.6 Å². The van der Waals surface area contributed by atoms with Gasteiger partial charge in [0.25, 0.3) is 0 Å². The van der Waals surface area contributed by atoms with Gasteiger partial charge in [-0.3, -0.25) is 0 Å². The van der Waals surface area contributed by atoms with Gasteiger partial charge < -0.3 is 9.47 Å². The maximum absolute atomic E-state index is 14.5. The molecule has 4 rings (SSSR count). The summed E-state index contributed by atoms with van der Waals surface area (Å²) in [6.07, 6.45) is -4.62. The number of para-hydroxylation sites is 1. The van der Waals surface area contributed by atoms with E-state index in [-0.39, 0.29) is 23.1 Å². The first kappa shape index (κ1) is 22.7. The molecular weight excluding hydrogens is 460 g/mol. The van der Waals surface area contributed by atoms with E-state index in [0.717, 1.165) is 10.7 Å². The van der Waals surface area contributed by atoms with Crippen LogP contribution in [-0.2, 0) is 12.8 Å². The van der Waals surface area contributed by atoms with Crippen LogP contribution in [0.3, 0.4) is 0 Å². The molecule has 0 aliphatic heterocycles. The van der Waals surface area contributed by atoms with E-state index >= 15 is 0 Å². The fourth-order valence-electron chi connectivity index (χ4n) is 3.27. The van der Waals surface area contributed by atoms with Gasteiger partial charge in [0.2, 0.25) is 0 Å². The van der Waals surface area contributed by atoms with E-state index in [1.165, 1.54) is 13.2 Å². The van der Waals surface area contributed by atoms with Gasteiger partial charge in [-0.15, -0.1) is 0 Å². The maximum atomic E-state index is 14.5. The Bertz CT molecular complexity index is 1270. The van der Waals surface area contributed by atoms with Crippen LogP contribution in [0.4, 0.5) is 17.6 Å². The molecule has 0 amide bonds. The number of nitrogens with zero attached hydrogens (tertiary/aromatic N) is 2. The van der Waals surface area contributed by atoms with Gasteiger partial charge in [0, 0.05) is 5.56 Å². The predicted molar refractivity (Wildman–Crippen MR) is 116 cm³/mol. The van der Waals surface area contributed by atoms with Crippen molar-refractivity contribution in [1.29, 1.82) is 0 Å². The normalized spacial score (nSPS) is 11.5. The van der Waals surface area contributed by atoms with Crippen LogP contribution in [-0.4, -0.2) is 16.9 Å². The minimum absolute atomic E-state index is 0.126. The molecular formula is C24H17ClF4N2O2. The van der Waals surface area contributed by atoms with E-state index in [4.69, 9.17) is 21.1 Å². The molecule has 0 radical (unpaired) electrons. The van der Waals surface area contributed by atoms with Crippen LogP contribution >= 0.6 is 11.6 Å². The highest BCUT2D eigenvalue weighted by Crippen LogP contribution is 2.32. The van der Waals surface area contributed by atoms with Crippen LogP contribution in [0.15, 0.2) is 72.8 Å². The summed E-state index contributed by atoms with van der Waals surface area (Å²) in [5.41, 5.74) is 0.368. The van der Waals surface area contributed by atoms with Crippen LogP contribution in [0.1, 0.15) is 11.4 Å². The second-order valence-electron chi connectivity index (χ2n) is 7.02. The summed E-state index contributed by atoms with van der Waals surface area (Å²) in [4.78, 5) is 0. The molecule has 0 spiro atoms. The van der Waals surface area contributed by atoms with Crippen molar-refractivity contribution in [1.82, 2.24) is 9.78 Å². The van der Waals surface area contributed by atoms with Gasteiger partial charge in [-0.05, 0) is 42.0 Å². The summed E-state index contributed by atoms with van der Waals surface area (Å²) in [7, 11) is 1.39. The van der Waals surface area contributed by atoms with Crippen molar-refractivity contribution in [3.05, 3.63) is 95.0 Å². The first-order chi connectivity index (χ1) is 15.8. The van der Waals surface area contributed by atoms with Crippen molar-refractivity contribution in [2.75, 3.05) is 7.11 Å². The largest absolute Gasteiger partial charge is 0.494 e. The first-order valence-corrected chi connectivity index (χ1v) is 10.1. The van der Waals surface area contributed by atoms with Crippen molar-refractivity contribution in [2.24, 2.45) is 0 Å². The number of rotatable bonds is 6. The highest BCUT2D eigenvalue weighted by molar-refractivity contribution is 6.32. The van der Waals surface area contributed by atoms with Crippen molar-refractivity contribution in [2.45, 2.75) is 12.8 Å². The third kappa shape index (κ3) is 4.80. The molecule has 4 aromatic rings. The fourth-order valence-corrected chi connectivity index (χ4v) is 3.49. The lowest BCUT2D eigenvalue weighted by Gasteiger charge is -2.11. The molecule has 1 aromatic heterocycles. The summed E-state index contributed by atoms with van der Waals surface area (Å²) in [5, 5.41) is 3.93. The monoisotopic (exact) mass is 476 g/mol. The van der Waals surface area contributed by atoms with E-state index in [1.54, 1.807) is 60.7 Å². The van der Waals surface area contributed by atoms with Crippen LogP contribution in [0.5, 0.6) is 11.5 Å². The molecule has 0 saturated carbocycles. The van der Waals surface area contributed by atoms with Crippen molar-refractivity contribution < 1.29 is 27.0 Å². The predicted octanol–water partition coefficient (Wildman–Crippen LogP) is 6.94. The van der Waals surface area contributed by atoms with E-state index < -0.39 is 17.7 Å². The lowest BCUT2D eigenvalue weighted by Crippen LogP contribution is -2.08. The molecule has 0 fully saturated rings. The van der Waals surface area contributed by atoms with Crippen LogP contribution in [0, 0.1) is 5.82 Å². The number of benzene rings is 3. The second-order valence-corrected chi connectivity index (χ2v) is 7.42. The van der Waals surface area contributed by atoms with Crippen molar-refractivity contribution in [3.8, 4) is 28.3 Å². The third-order valence-corrected chi connectivity index (χ3v) is 5.21. The quantitative estimate of drug-likeness (QED) is 0.283. The molecule has 33 heavy (non-hydrogen) atoms. The van der Waals surface area contributed by atoms with Gasteiger partial charge in [-0.25, -0.2) is 9.07 Å². The van der Waals surface area contributed by atoms with Gasteiger partial charge >= 0.3 is 6.18 Å².